The van der Waals surface area contributed by atoms with Gasteiger partial charge in [-0.2, -0.15) is 0 Å². The van der Waals surface area contributed by atoms with Gasteiger partial charge in [-0.15, -0.1) is 0 Å². The van der Waals surface area contributed by atoms with Gasteiger partial charge < -0.3 is 5.11 Å². The first-order chi connectivity index (χ1) is 8.32. The molecular formula is C15H27NO2. The van der Waals surface area contributed by atoms with Gasteiger partial charge in [0.15, 0.2) is 0 Å². The molecule has 0 spiro atoms. The molecule has 1 aliphatic heterocycles. The third-order valence-electron chi connectivity index (χ3n) is 5.08. The number of likely N-dealkylation sites (tertiary alicyclic amines) is 1. The van der Waals surface area contributed by atoms with Crippen LogP contribution in [0, 0.1) is 10.8 Å². The Bertz CT molecular complexity index is 326. The van der Waals surface area contributed by atoms with E-state index in [9.17, 15) is 9.90 Å². The van der Waals surface area contributed by atoms with Crippen molar-refractivity contribution >= 4 is 5.97 Å². The maximum Gasteiger partial charge on any atom is 0.310 e. The van der Waals surface area contributed by atoms with Crippen molar-refractivity contribution in [3.63, 3.8) is 0 Å². The molecule has 1 N–H and O–H groups in total. The smallest absolute Gasteiger partial charge is 0.310 e. The SMILES string of the molecule is CC1(C)CCCC(N2CCC(C)(C(=O)O)C2)CC1. The van der Waals surface area contributed by atoms with Gasteiger partial charge in [0, 0.05) is 12.6 Å². The summed E-state index contributed by atoms with van der Waals surface area (Å²) in [6, 6.07) is 0.618. The molecule has 3 heteroatoms. The maximum atomic E-state index is 11.3. The van der Waals surface area contributed by atoms with Gasteiger partial charge in [0.05, 0.1) is 5.41 Å². The molecule has 0 aromatic rings. The van der Waals surface area contributed by atoms with Crippen LogP contribution in [0.15, 0.2) is 0 Å². The lowest BCUT2D eigenvalue weighted by molar-refractivity contribution is -0.147. The summed E-state index contributed by atoms with van der Waals surface area (Å²) >= 11 is 0. The van der Waals surface area contributed by atoms with E-state index in [1.54, 1.807) is 0 Å². The number of hydrogen-bond acceptors (Lipinski definition) is 2. The lowest BCUT2D eigenvalue weighted by Gasteiger charge is -2.28. The Balaban J connectivity index is 1.96. The van der Waals surface area contributed by atoms with Gasteiger partial charge in [0.25, 0.3) is 0 Å². The minimum atomic E-state index is -0.626. The summed E-state index contributed by atoms with van der Waals surface area (Å²) in [6.45, 7) is 8.33. The lowest BCUT2D eigenvalue weighted by Crippen LogP contribution is -2.37. The van der Waals surface area contributed by atoms with Crippen molar-refractivity contribution in [3.8, 4) is 0 Å². The number of nitrogens with zero attached hydrogens (tertiary/aromatic N) is 1. The Hall–Kier alpha value is -0.570. The van der Waals surface area contributed by atoms with Crippen molar-refractivity contribution < 1.29 is 9.90 Å². The molecule has 1 aliphatic carbocycles. The second-order valence-electron chi connectivity index (χ2n) is 7.34. The second-order valence-corrected chi connectivity index (χ2v) is 7.34. The van der Waals surface area contributed by atoms with E-state index < -0.39 is 11.4 Å². The predicted molar refractivity (Wildman–Crippen MR) is 72.6 cm³/mol. The van der Waals surface area contributed by atoms with Crippen LogP contribution in [0.4, 0.5) is 0 Å². The highest BCUT2D eigenvalue weighted by molar-refractivity contribution is 5.74. The highest BCUT2D eigenvalue weighted by atomic mass is 16.4. The standard InChI is InChI=1S/C15H27NO2/c1-14(2)7-4-5-12(6-8-14)16-10-9-15(3,11-16)13(17)18/h12H,4-11H2,1-3H3,(H,17,18). The summed E-state index contributed by atoms with van der Waals surface area (Å²) in [5, 5.41) is 9.30. The lowest BCUT2D eigenvalue weighted by atomic mass is 9.85. The van der Waals surface area contributed by atoms with Crippen molar-refractivity contribution in [3.05, 3.63) is 0 Å². The number of hydrogen-bond donors (Lipinski definition) is 1. The molecule has 2 atom stereocenters. The van der Waals surface area contributed by atoms with Crippen LogP contribution in [0.1, 0.15) is 59.3 Å². The van der Waals surface area contributed by atoms with Crippen LogP contribution >= 0.6 is 0 Å². The molecule has 2 unspecified atom stereocenters. The molecule has 1 saturated carbocycles. The normalized spacial score (nSPS) is 37.4. The third-order valence-corrected chi connectivity index (χ3v) is 5.08. The monoisotopic (exact) mass is 253 g/mol. The van der Waals surface area contributed by atoms with E-state index in [0.29, 0.717) is 11.5 Å². The van der Waals surface area contributed by atoms with Crippen LogP contribution in [0.25, 0.3) is 0 Å². The highest BCUT2D eigenvalue weighted by Crippen LogP contribution is 2.38. The molecule has 104 valence electrons. The second kappa shape index (κ2) is 4.84. The Kier molecular flexibility index (Phi) is 3.72. The summed E-state index contributed by atoms with van der Waals surface area (Å²) in [5.41, 5.74) is -0.0353. The molecule has 1 saturated heterocycles. The highest BCUT2D eigenvalue weighted by Gasteiger charge is 2.42. The molecule has 2 rings (SSSR count). The predicted octanol–water partition coefficient (Wildman–Crippen LogP) is 3.14. The van der Waals surface area contributed by atoms with Gasteiger partial charge in [-0.1, -0.05) is 20.3 Å². The number of carboxylic acids is 1. The van der Waals surface area contributed by atoms with Crippen molar-refractivity contribution in [1.29, 1.82) is 0 Å². The largest absolute Gasteiger partial charge is 0.481 e. The van der Waals surface area contributed by atoms with E-state index in [1.165, 1.54) is 32.1 Å². The van der Waals surface area contributed by atoms with Crippen LogP contribution in [0.2, 0.25) is 0 Å². The molecule has 2 fully saturated rings. The number of rotatable bonds is 2. The van der Waals surface area contributed by atoms with E-state index in [2.05, 4.69) is 18.7 Å². The van der Waals surface area contributed by atoms with Crippen LogP contribution < -0.4 is 0 Å². The molecule has 2 aliphatic rings. The minimum Gasteiger partial charge on any atom is -0.481 e. The molecule has 3 nitrogen and oxygen atoms in total. The van der Waals surface area contributed by atoms with Gasteiger partial charge in [-0.3, -0.25) is 9.69 Å². The van der Waals surface area contributed by atoms with Crippen molar-refractivity contribution in [1.82, 2.24) is 4.90 Å². The molecule has 0 aromatic carbocycles. The Labute approximate surface area is 111 Å². The van der Waals surface area contributed by atoms with Gasteiger partial charge in [0.1, 0.15) is 0 Å². The summed E-state index contributed by atoms with van der Waals surface area (Å²) in [7, 11) is 0. The first-order valence-corrected chi connectivity index (χ1v) is 7.30. The average Bonchev–Trinajstić information content (AvgIpc) is 2.58. The minimum absolute atomic E-state index is 0.477. The molecule has 0 amide bonds. The van der Waals surface area contributed by atoms with Crippen LogP contribution in [0.3, 0.4) is 0 Å². The van der Waals surface area contributed by atoms with Crippen LogP contribution in [0.5, 0.6) is 0 Å². The van der Waals surface area contributed by atoms with Gasteiger partial charge in [-0.05, 0) is 51.0 Å². The molecule has 0 radical (unpaired) electrons. The first-order valence-electron chi connectivity index (χ1n) is 7.30. The van der Waals surface area contributed by atoms with Gasteiger partial charge >= 0.3 is 5.97 Å². The Morgan fingerprint density at radius 2 is 1.89 bits per heavy atom. The number of carboxylic acid groups (broad SMARTS) is 1. The van der Waals surface area contributed by atoms with E-state index in [4.69, 9.17) is 0 Å². The fourth-order valence-electron chi connectivity index (χ4n) is 3.49. The van der Waals surface area contributed by atoms with Gasteiger partial charge in [0.2, 0.25) is 0 Å². The fraction of sp³-hybridized carbons (Fsp3) is 0.933. The third kappa shape index (κ3) is 2.87. The zero-order valence-corrected chi connectivity index (χ0v) is 12.0. The van der Waals surface area contributed by atoms with Crippen molar-refractivity contribution in [2.75, 3.05) is 13.1 Å². The quantitative estimate of drug-likeness (QED) is 0.769. The van der Waals surface area contributed by atoms with Crippen LogP contribution in [-0.2, 0) is 4.79 Å². The summed E-state index contributed by atoms with van der Waals surface area (Å²) in [5.74, 6) is -0.626. The van der Waals surface area contributed by atoms with Gasteiger partial charge in [-0.25, -0.2) is 0 Å². The molecule has 0 aromatic heterocycles. The maximum absolute atomic E-state index is 11.3. The molecule has 18 heavy (non-hydrogen) atoms. The fourth-order valence-corrected chi connectivity index (χ4v) is 3.49. The topological polar surface area (TPSA) is 40.5 Å². The summed E-state index contributed by atoms with van der Waals surface area (Å²) < 4.78 is 0. The van der Waals surface area contributed by atoms with E-state index in [1.807, 2.05) is 6.92 Å². The zero-order chi connectivity index (χ0) is 13.4. The molecule has 1 heterocycles. The number of aliphatic carboxylic acids is 1. The molecule has 0 bridgehead atoms. The zero-order valence-electron chi connectivity index (χ0n) is 12.0. The summed E-state index contributed by atoms with van der Waals surface area (Å²) in [4.78, 5) is 13.7. The summed E-state index contributed by atoms with van der Waals surface area (Å²) in [6.07, 6.45) is 7.17. The average molecular weight is 253 g/mol. The van der Waals surface area contributed by atoms with Crippen molar-refractivity contribution in [2.45, 2.75) is 65.3 Å². The van der Waals surface area contributed by atoms with Crippen molar-refractivity contribution in [2.24, 2.45) is 10.8 Å². The van der Waals surface area contributed by atoms with E-state index in [0.717, 1.165) is 19.5 Å². The first kappa shape index (κ1) is 13.9. The van der Waals surface area contributed by atoms with Crippen LogP contribution in [-0.4, -0.2) is 35.1 Å². The number of carbonyl (C=O) groups is 1. The molecular weight excluding hydrogens is 226 g/mol. The van der Waals surface area contributed by atoms with E-state index >= 15 is 0 Å². The Morgan fingerprint density at radius 3 is 2.50 bits per heavy atom. The van der Waals surface area contributed by atoms with E-state index in [-0.39, 0.29) is 0 Å². The Morgan fingerprint density at radius 1 is 1.17 bits per heavy atom.